The number of carbonyl (C=O) groups is 1. The van der Waals surface area contributed by atoms with Crippen molar-refractivity contribution in [2.45, 2.75) is 32.6 Å². The minimum Gasteiger partial charge on any atom is -0.504 e. The average molecular weight is 280 g/mol. The number of phenolic OH excluding ortho intramolecular Hbond substituents is 3. The van der Waals surface area contributed by atoms with Crippen LogP contribution >= 0.6 is 0 Å². The molecule has 0 aromatic heterocycles. The molecule has 0 amide bonds. The number of unbranched alkanes of at least 4 members (excludes halogenated alkanes) is 3. The molecule has 0 unspecified atom stereocenters. The smallest absolute Gasteiger partial charge is 0.338 e. The summed E-state index contributed by atoms with van der Waals surface area (Å²) in [7, 11) is 0. The van der Waals surface area contributed by atoms with E-state index < -0.39 is 23.2 Å². The predicted octanol–water partition coefficient (Wildman–Crippen LogP) is 3.10. The second-order valence-electron chi connectivity index (χ2n) is 4.43. The zero-order chi connectivity index (χ0) is 15.0. The van der Waals surface area contributed by atoms with Gasteiger partial charge in [0.15, 0.2) is 17.2 Å². The lowest BCUT2D eigenvalue weighted by Crippen LogP contribution is -2.04. The number of ether oxygens (including phenoxy) is 1. The van der Waals surface area contributed by atoms with Crippen molar-refractivity contribution in [3.8, 4) is 17.2 Å². The third-order valence-corrected chi connectivity index (χ3v) is 2.76. The van der Waals surface area contributed by atoms with Crippen molar-refractivity contribution < 1.29 is 24.9 Å². The number of aromatic hydroxyl groups is 3. The zero-order valence-corrected chi connectivity index (χ0v) is 11.5. The van der Waals surface area contributed by atoms with E-state index in [2.05, 4.69) is 6.92 Å². The fraction of sp³-hybridized carbons (Fsp3) is 0.400. The first-order valence-corrected chi connectivity index (χ1v) is 6.63. The third-order valence-electron chi connectivity index (χ3n) is 2.76. The van der Waals surface area contributed by atoms with Crippen LogP contribution in [0.4, 0.5) is 0 Å². The molecule has 0 spiro atoms. The number of phenols is 3. The number of hydrogen-bond acceptors (Lipinski definition) is 5. The maximum atomic E-state index is 11.6. The molecule has 110 valence electrons. The first-order chi connectivity index (χ1) is 9.56. The van der Waals surface area contributed by atoms with Gasteiger partial charge in [0.05, 0.1) is 5.56 Å². The van der Waals surface area contributed by atoms with Crippen molar-refractivity contribution in [2.24, 2.45) is 0 Å². The first-order valence-electron chi connectivity index (χ1n) is 6.63. The number of allylic oxidation sites excluding steroid dienone is 1. The lowest BCUT2D eigenvalue weighted by molar-refractivity contribution is 0.0548. The number of esters is 1. The van der Waals surface area contributed by atoms with Crippen LogP contribution < -0.4 is 0 Å². The van der Waals surface area contributed by atoms with E-state index in [1.165, 1.54) is 6.42 Å². The van der Waals surface area contributed by atoms with Crippen LogP contribution in [0.5, 0.6) is 17.2 Å². The highest BCUT2D eigenvalue weighted by Crippen LogP contribution is 2.35. The Morgan fingerprint density at radius 3 is 2.40 bits per heavy atom. The molecule has 0 saturated carbocycles. The Hall–Kier alpha value is -2.17. The van der Waals surface area contributed by atoms with Crippen molar-refractivity contribution in [3.05, 3.63) is 29.8 Å². The molecule has 0 aliphatic rings. The molecule has 0 aliphatic heterocycles. The lowest BCUT2D eigenvalue weighted by atomic mass is 10.2. The molecule has 1 aromatic carbocycles. The van der Waals surface area contributed by atoms with Gasteiger partial charge in [-0.3, -0.25) is 0 Å². The molecule has 1 rings (SSSR count). The summed E-state index contributed by atoms with van der Waals surface area (Å²) in [5.74, 6) is -2.45. The highest BCUT2D eigenvalue weighted by Gasteiger charge is 2.13. The summed E-state index contributed by atoms with van der Waals surface area (Å²) in [6.45, 7) is 2.27. The van der Waals surface area contributed by atoms with Gasteiger partial charge in [-0.25, -0.2) is 4.79 Å². The van der Waals surface area contributed by atoms with E-state index >= 15 is 0 Å². The maximum Gasteiger partial charge on any atom is 0.338 e. The van der Waals surface area contributed by atoms with Crippen LogP contribution in [-0.4, -0.2) is 27.9 Å². The van der Waals surface area contributed by atoms with E-state index in [9.17, 15) is 15.0 Å². The molecule has 0 bridgehead atoms. The summed E-state index contributed by atoms with van der Waals surface area (Å²) >= 11 is 0. The average Bonchev–Trinajstić information content (AvgIpc) is 2.43. The number of benzene rings is 1. The van der Waals surface area contributed by atoms with Crippen molar-refractivity contribution in [3.63, 3.8) is 0 Å². The van der Waals surface area contributed by atoms with Gasteiger partial charge in [-0.05, 0) is 25.0 Å². The summed E-state index contributed by atoms with van der Waals surface area (Å²) in [6, 6.07) is 2.09. The van der Waals surface area contributed by atoms with E-state index in [1.807, 2.05) is 6.08 Å². The summed E-state index contributed by atoms with van der Waals surface area (Å²) in [5, 5.41) is 27.7. The van der Waals surface area contributed by atoms with Crippen LogP contribution in [0.15, 0.2) is 24.3 Å². The zero-order valence-electron chi connectivity index (χ0n) is 11.5. The SMILES string of the molecule is CCCCCC=CCOC(=O)c1cc(O)c(O)c(O)c1. The third kappa shape index (κ3) is 4.84. The molecule has 5 heteroatoms. The predicted molar refractivity (Wildman–Crippen MR) is 75.0 cm³/mol. The molecule has 5 nitrogen and oxygen atoms in total. The van der Waals surface area contributed by atoms with Crippen LogP contribution in [0.1, 0.15) is 43.0 Å². The van der Waals surface area contributed by atoms with Crippen LogP contribution in [-0.2, 0) is 4.74 Å². The van der Waals surface area contributed by atoms with Crippen molar-refractivity contribution >= 4 is 5.97 Å². The van der Waals surface area contributed by atoms with Crippen LogP contribution in [0.2, 0.25) is 0 Å². The molecule has 0 saturated heterocycles. The van der Waals surface area contributed by atoms with Gasteiger partial charge in [0.2, 0.25) is 0 Å². The van der Waals surface area contributed by atoms with Gasteiger partial charge >= 0.3 is 5.97 Å². The molecule has 0 aliphatic carbocycles. The topological polar surface area (TPSA) is 87.0 Å². The number of hydrogen-bond donors (Lipinski definition) is 3. The summed E-state index contributed by atoms with van der Waals surface area (Å²) in [4.78, 5) is 11.6. The van der Waals surface area contributed by atoms with Gasteiger partial charge in [0, 0.05) is 0 Å². The van der Waals surface area contributed by atoms with Gasteiger partial charge < -0.3 is 20.1 Å². The van der Waals surface area contributed by atoms with Gasteiger partial charge in [-0.2, -0.15) is 0 Å². The summed E-state index contributed by atoms with van der Waals surface area (Å²) in [5.41, 5.74) is -0.0165. The minimum atomic E-state index is -0.672. The fourth-order valence-corrected chi connectivity index (χ4v) is 1.63. The fourth-order valence-electron chi connectivity index (χ4n) is 1.63. The summed E-state index contributed by atoms with van der Waals surface area (Å²) < 4.78 is 4.95. The van der Waals surface area contributed by atoms with Gasteiger partial charge in [0.25, 0.3) is 0 Å². The Morgan fingerprint density at radius 2 is 1.80 bits per heavy atom. The molecule has 20 heavy (non-hydrogen) atoms. The lowest BCUT2D eigenvalue weighted by Gasteiger charge is -2.05. The second kappa shape index (κ2) is 8.09. The number of carbonyl (C=O) groups excluding carboxylic acids is 1. The van der Waals surface area contributed by atoms with E-state index in [4.69, 9.17) is 9.84 Å². The van der Waals surface area contributed by atoms with Crippen LogP contribution in [0.25, 0.3) is 0 Å². The first kappa shape index (κ1) is 15.9. The second-order valence-corrected chi connectivity index (χ2v) is 4.43. The maximum absolute atomic E-state index is 11.6. The van der Waals surface area contributed by atoms with E-state index in [1.54, 1.807) is 6.08 Å². The molecule has 1 aromatic rings. The Balaban J connectivity index is 2.44. The van der Waals surface area contributed by atoms with E-state index in [0.717, 1.165) is 31.4 Å². The van der Waals surface area contributed by atoms with Crippen molar-refractivity contribution in [1.29, 1.82) is 0 Å². The monoisotopic (exact) mass is 280 g/mol. The van der Waals surface area contributed by atoms with Crippen LogP contribution in [0.3, 0.4) is 0 Å². The van der Waals surface area contributed by atoms with Gasteiger partial charge in [-0.1, -0.05) is 31.9 Å². The molecular weight excluding hydrogens is 260 g/mol. The Morgan fingerprint density at radius 1 is 1.15 bits per heavy atom. The number of rotatable bonds is 7. The largest absolute Gasteiger partial charge is 0.504 e. The highest BCUT2D eigenvalue weighted by molar-refractivity contribution is 5.91. The van der Waals surface area contributed by atoms with Crippen molar-refractivity contribution in [2.75, 3.05) is 6.61 Å². The van der Waals surface area contributed by atoms with Gasteiger partial charge in [0.1, 0.15) is 6.61 Å². The molecule has 3 N–H and O–H groups in total. The standard InChI is InChI=1S/C15H20O5/c1-2-3-4-5-6-7-8-20-15(19)11-9-12(16)14(18)13(17)10-11/h6-7,9-10,16-18H,2-5,8H2,1H3. The molecule has 0 heterocycles. The molecule has 0 atom stereocenters. The molecule has 0 radical (unpaired) electrons. The van der Waals surface area contributed by atoms with Crippen LogP contribution in [0, 0.1) is 0 Å². The molecular formula is C15H20O5. The normalized spacial score (nSPS) is 10.8. The van der Waals surface area contributed by atoms with Crippen molar-refractivity contribution in [1.82, 2.24) is 0 Å². The van der Waals surface area contributed by atoms with E-state index in [0.29, 0.717) is 0 Å². The van der Waals surface area contributed by atoms with Gasteiger partial charge in [-0.15, -0.1) is 0 Å². The minimum absolute atomic E-state index is 0.0165. The molecule has 0 fully saturated rings. The summed E-state index contributed by atoms with van der Waals surface area (Å²) in [6.07, 6.45) is 8.11. The van der Waals surface area contributed by atoms with E-state index in [-0.39, 0.29) is 12.2 Å². The Labute approximate surface area is 118 Å². The Bertz CT molecular complexity index is 456. The quantitative estimate of drug-likeness (QED) is 0.309. The Kier molecular flexibility index (Phi) is 6.43. The highest BCUT2D eigenvalue weighted by atomic mass is 16.5.